The van der Waals surface area contributed by atoms with Gasteiger partial charge in [0.2, 0.25) is 5.91 Å². The molecule has 0 aromatic heterocycles. The zero-order valence-corrected chi connectivity index (χ0v) is 9.90. The summed E-state index contributed by atoms with van der Waals surface area (Å²) in [4.78, 5) is 11.8. The van der Waals surface area contributed by atoms with Crippen LogP contribution in [0.2, 0.25) is 0 Å². The van der Waals surface area contributed by atoms with Gasteiger partial charge in [-0.2, -0.15) is 0 Å². The summed E-state index contributed by atoms with van der Waals surface area (Å²) in [7, 11) is 0. The number of hydrogen-bond donors (Lipinski definition) is 3. The minimum atomic E-state index is 0.0177. The van der Waals surface area contributed by atoms with Gasteiger partial charge in [0.15, 0.2) is 0 Å². The molecule has 0 spiro atoms. The van der Waals surface area contributed by atoms with E-state index < -0.39 is 0 Å². The summed E-state index contributed by atoms with van der Waals surface area (Å²) in [5.74, 6) is 1.97. The Labute approximate surface area is 94.9 Å². The van der Waals surface area contributed by atoms with Crippen molar-refractivity contribution >= 4 is 17.7 Å². The van der Waals surface area contributed by atoms with Gasteiger partial charge in [-0.1, -0.05) is 0 Å². The molecule has 4 nitrogen and oxygen atoms in total. The van der Waals surface area contributed by atoms with Gasteiger partial charge in [0.05, 0.1) is 6.04 Å². The first-order valence-electron chi connectivity index (χ1n) is 5.62. The normalized spacial score (nSPS) is 36.5. The van der Waals surface area contributed by atoms with Gasteiger partial charge in [0.1, 0.15) is 0 Å². The summed E-state index contributed by atoms with van der Waals surface area (Å²) >= 11 is 1.79. The number of piperidine rings is 1. The van der Waals surface area contributed by atoms with E-state index in [0.29, 0.717) is 12.1 Å². The van der Waals surface area contributed by atoms with Crippen LogP contribution in [-0.4, -0.2) is 42.2 Å². The van der Waals surface area contributed by atoms with Crippen molar-refractivity contribution in [3.8, 4) is 0 Å². The average Bonchev–Trinajstić information content (AvgIpc) is 2.74. The second kappa shape index (κ2) is 5.18. The summed E-state index contributed by atoms with van der Waals surface area (Å²) in [6.07, 6.45) is 2.25. The topological polar surface area (TPSA) is 53.2 Å². The fraction of sp³-hybridized carbons (Fsp3) is 0.900. The SMILES string of the molecule is CC1NCCCC1NC(=O)[C@H]1CSCN1. The van der Waals surface area contributed by atoms with Crippen molar-refractivity contribution in [3.63, 3.8) is 0 Å². The molecular weight excluding hydrogens is 210 g/mol. The summed E-state index contributed by atoms with van der Waals surface area (Å²) in [6, 6.07) is 0.722. The Morgan fingerprint density at radius 3 is 3.00 bits per heavy atom. The van der Waals surface area contributed by atoms with E-state index in [1.807, 2.05) is 0 Å². The monoisotopic (exact) mass is 229 g/mol. The van der Waals surface area contributed by atoms with Gasteiger partial charge in [-0.25, -0.2) is 0 Å². The van der Waals surface area contributed by atoms with E-state index in [2.05, 4.69) is 22.9 Å². The zero-order valence-electron chi connectivity index (χ0n) is 9.08. The highest BCUT2D eigenvalue weighted by atomic mass is 32.2. The molecule has 2 heterocycles. The largest absolute Gasteiger partial charge is 0.350 e. The van der Waals surface area contributed by atoms with Crippen LogP contribution >= 0.6 is 11.8 Å². The number of hydrogen-bond acceptors (Lipinski definition) is 4. The van der Waals surface area contributed by atoms with Crippen molar-refractivity contribution in [2.24, 2.45) is 0 Å². The van der Waals surface area contributed by atoms with Crippen LogP contribution in [0.4, 0.5) is 0 Å². The highest BCUT2D eigenvalue weighted by molar-refractivity contribution is 7.99. The smallest absolute Gasteiger partial charge is 0.238 e. The highest BCUT2D eigenvalue weighted by Gasteiger charge is 2.27. The quantitative estimate of drug-likeness (QED) is 0.619. The van der Waals surface area contributed by atoms with E-state index in [1.165, 1.54) is 0 Å². The van der Waals surface area contributed by atoms with Crippen LogP contribution in [0.1, 0.15) is 19.8 Å². The molecule has 0 radical (unpaired) electrons. The number of rotatable bonds is 2. The minimum absolute atomic E-state index is 0.0177. The van der Waals surface area contributed by atoms with Gasteiger partial charge in [-0.15, -0.1) is 11.8 Å². The molecule has 0 bridgehead atoms. The molecule has 5 heteroatoms. The molecule has 3 N–H and O–H groups in total. The van der Waals surface area contributed by atoms with E-state index in [4.69, 9.17) is 0 Å². The molecule has 1 amide bonds. The first kappa shape index (κ1) is 11.2. The lowest BCUT2D eigenvalue weighted by atomic mass is 9.99. The lowest BCUT2D eigenvalue weighted by molar-refractivity contribution is -0.123. The van der Waals surface area contributed by atoms with Gasteiger partial charge in [0.25, 0.3) is 0 Å². The van der Waals surface area contributed by atoms with Crippen molar-refractivity contribution < 1.29 is 4.79 Å². The van der Waals surface area contributed by atoms with Crippen molar-refractivity contribution in [1.29, 1.82) is 0 Å². The van der Waals surface area contributed by atoms with E-state index in [0.717, 1.165) is 31.0 Å². The number of carbonyl (C=O) groups excluding carboxylic acids is 1. The lowest BCUT2D eigenvalue weighted by Gasteiger charge is -2.31. The summed E-state index contributed by atoms with van der Waals surface area (Å²) in [5.41, 5.74) is 0. The Bertz CT molecular complexity index is 231. The van der Waals surface area contributed by atoms with Gasteiger partial charge in [-0.3, -0.25) is 10.1 Å². The number of nitrogens with one attached hydrogen (secondary N) is 3. The number of amides is 1. The van der Waals surface area contributed by atoms with Crippen LogP contribution in [-0.2, 0) is 4.79 Å². The minimum Gasteiger partial charge on any atom is -0.350 e. The van der Waals surface area contributed by atoms with Gasteiger partial charge >= 0.3 is 0 Å². The van der Waals surface area contributed by atoms with Crippen molar-refractivity contribution in [3.05, 3.63) is 0 Å². The van der Waals surface area contributed by atoms with E-state index in [-0.39, 0.29) is 11.9 Å². The summed E-state index contributed by atoms with van der Waals surface area (Å²) < 4.78 is 0. The van der Waals surface area contributed by atoms with Gasteiger partial charge < -0.3 is 10.6 Å². The van der Waals surface area contributed by atoms with Gasteiger partial charge in [0, 0.05) is 23.7 Å². The number of carbonyl (C=O) groups is 1. The summed E-state index contributed by atoms with van der Waals surface area (Å²) in [5, 5.41) is 9.71. The molecule has 0 aromatic carbocycles. The molecule has 2 aliphatic rings. The van der Waals surface area contributed by atoms with Crippen LogP contribution < -0.4 is 16.0 Å². The molecule has 15 heavy (non-hydrogen) atoms. The van der Waals surface area contributed by atoms with E-state index >= 15 is 0 Å². The Morgan fingerprint density at radius 2 is 2.33 bits per heavy atom. The van der Waals surface area contributed by atoms with Crippen LogP contribution in [0.25, 0.3) is 0 Å². The van der Waals surface area contributed by atoms with Crippen molar-refractivity contribution in [2.75, 3.05) is 18.2 Å². The summed E-state index contributed by atoms with van der Waals surface area (Å²) in [6.45, 7) is 3.21. The Hall–Kier alpha value is -0.260. The zero-order chi connectivity index (χ0) is 10.7. The fourth-order valence-electron chi connectivity index (χ4n) is 2.09. The van der Waals surface area contributed by atoms with Crippen molar-refractivity contribution in [1.82, 2.24) is 16.0 Å². The van der Waals surface area contributed by atoms with Crippen LogP contribution in [0.5, 0.6) is 0 Å². The van der Waals surface area contributed by atoms with E-state index in [1.54, 1.807) is 11.8 Å². The lowest BCUT2D eigenvalue weighted by Crippen LogP contribution is -2.55. The Balaban J connectivity index is 1.81. The molecule has 2 unspecified atom stereocenters. The maximum Gasteiger partial charge on any atom is 0.238 e. The van der Waals surface area contributed by atoms with E-state index in [9.17, 15) is 4.79 Å². The molecule has 86 valence electrons. The predicted molar refractivity (Wildman–Crippen MR) is 62.9 cm³/mol. The average molecular weight is 229 g/mol. The Morgan fingerprint density at radius 1 is 1.47 bits per heavy atom. The second-order valence-corrected chi connectivity index (χ2v) is 5.30. The third kappa shape index (κ3) is 2.86. The maximum atomic E-state index is 11.8. The third-order valence-electron chi connectivity index (χ3n) is 3.12. The standard InChI is InChI=1S/C10H19N3OS/c1-7-8(3-2-4-11-7)13-10(14)9-5-15-6-12-9/h7-9,11-12H,2-6H2,1H3,(H,13,14)/t7?,8?,9-/m1/s1. The van der Waals surface area contributed by atoms with Crippen LogP contribution in [0.15, 0.2) is 0 Å². The third-order valence-corrected chi connectivity index (χ3v) is 4.06. The molecule has 0 saturated carbocycles. The number of thioether (sulfide) groups is 1. The fourth-order valence-corrected chi connectivity index (χ4v) is 3.03. The Kier molecular flexibility index (Phi) is 3.88. The highest BCUT2D eigenvalue weighted by Crippen LogP contribution is 2.12. The molecule has 2 fully saturated rings. The molecule has 2 aliphatic heterocycles. The van der Waals surface area contributed by atoms with Crippen LogP contribution in [0, 0.1) is 0 Å². The molecular formula is C10H19N3OS. The second-order valence-electron chi connectivity index (χ2n) is 4.27. The predicted octanol–water partition coefficient (Wildman–Crippen LogP) is -0.0944. The molecule has 2 rings (SSSR count). The maximum absolute atomic E-state index is 11.8. The molecule has 0 aromatic rings. The first-order valence-corrected chi connectivity index (χ1v) is 6.78. The molecule has 0 aliphatic carbocycles. The van der Waals surface area contributed by atoms with Crippen LogP contribution in [0.3, 0.4) is 0 Å². The molecule has 2 saturated heterocycles. The van der Waals surface area contributed by atoms with Crippen molar-refractivity contribution in [2.45, 2.75) is 37.9 Å². The molecule has 3 atom stereocenters. The van der Waals surface area contributed by atoms with Gasteiger partial charge in [-0.05, 0) is 26.3 Å². The first-order chi connectivity index (χ1) is 7.27.